The summed E-state index contributed by atoms with van der Waals surface area (Å²) in [5, 5.41) is 3.48. The Morgan fingerprint density at radius 2 is 1.65 bits per heavy atom. The van der Waals surface area contributed by atoms with Crippen LogP contribution in [0.25, 0.3) is 0 Å². The second-order valence-corrected chi connectivity index (χ2v) is 9.70. The zero-order valence-corrected chi connectivity index (χ0v) is 19.4. The third-order valence-electron chi connectivity index (χ3n) is 4.73. The highest BCUT2D eigenvalue weighted by Crippen LogP contribution is 2.27. The maximum Gasteiger partial charge on any atom is 0.263 e. The van der Waals surface area contributed by atoms with Crippen molar-refractivity contribution in [1.82, 2.24) is 5.32 Å². The number of carbonyl (C=O) groups is 1. The van der Waals surface area contributed by atoms with Crippen LogP contribution in [-0.4, -0.2) is 20.9 Å². The molecule has 0 aliphatic heterocycles. The second-order valence-electron chi connectivity index (χ2n) is 7.20. The molecule has 0 fully saturated rings. The Hall–Kier alpha value is -2.54. The van der Waals surface area contributed by atoms with E-state index in [1.165, 1.54) is 18.2 Å². The molecular weight excluding hydrogens is 455 g/mol. The van der Waals surface area contributed by atoms with E-state index < -0.39 is 10.0 Å². The van der Waals surface area contributed by atoms with Crippen LogP contribution in [0.4, 0.5) is 5.69 Å². The van der Waals surface area contributed by atoms with Crippen LogP contribution in [0.1, 0.15) is 27.0 Å². The van der Waals surface area contributed by atoms with Crippen LogP contribution in [0.2, 0.25) is 10.0 Å². The van der Waals surface area contributed by atoms with Crippen molar-refractivity contribution in [3.63, 3.8) is 0 Å². The molecule has 0 spiro atoms. The maximum atomic E-state index is 12.9. The minimum atomic E-state index is -3.98. The molecule has 0 unspecified atom stereocenters. The first-order valence-electron chi connectivity index (χ1n) is 9.58. The summed E-state index contributed by atoms with van der Waals surface area (Å²) in [6.45, 7) is 4.08. The van der Waals surface area contributed by atoms with E-state index in [9.17, 15) is 13.2 Å². The smallest absolute Gasteiger partial charge is 0.263 e. The number of aryl methyl sites for hydroxylation is 2. The van der Waals surface area contributed by atoms with Gasteiger partial charge in [-0.15, -0.1) is 0 Å². The van der Waals surface area contributed by atoms with Gasteiger partial charge < -0.3 is 5.32 Å². The van der Waals surface area contributed by atoms with Gasteiger partial charge in [-0.3, -0.25) is 9.52 Å². The van der Waals surface area contributed by atoms with Gasteiger partial charge in [0.25, 0.3) is 15.9 Å². The Morgan fingerprint density at radius 3 is 2.35 bits per heavy atom. The van der Waals surface area contributed by atoms with Gasteiger partial charge in [-0.25, -0.2) is 8.42 Å². The lowest BCUT2D eigenvalue weighted by Crippen LogP contribution is -2.26. The Labute approximate surface area is 192 Å². The van der Waals surface area contributed by atoms with E-state index in [0.717, 1.165) is 16.7 Å². The molecule has 3 rings (SSSR count). The zero-order chi connectivity index (χ0) is 22.6. The van der Waals surface area contributed by atoms with E-state index >= 15 is 0 Å². The minimum absolute atomic E-state index is 0.0375. The van der Waals surface area contributed by atoms with E-state index in [1.807, 2.05) is 38.1 Å². The number of amides is 1. The van der Waals surface area contributed by atoms with Crippen molar-refractivity contribution >= 4 is 44.8 Å². The number of benzene rings is 3. The van der Waals surface area contributed by atoms with E-state index in [4.69, 9.17) is 23.2 Å². The number of halogens is 2. The average molecular weight is 477 g/mol. The fourth-order valence-electron chi connectivity index (χ4n) is 2.97. The fraction of sp³-hybridized carbons (Fsp3) is 0.174. The van der Waals surface area contributed by atoms with Gasteiger partial charge in [0.15, 0.2) is 0 Å². The summed E-state index contributed by atoms with van der Waals surface area (Å²) in [5.74, 6) is -0.381. The van der Waals surface area contributed by atoms with Crippen molar-refractivity contribution in [2.75, 3.05) is 11.3 Å². The van der Waals surface area contributed by atoms with Crippen LogP contribution in [-0.2, 0) is 16.4 Å². The Balaban J connectivity index is 1.74. The number of sulfonamides is 1. The summed E-state index contributed by atoms with van der Waals surface area (Å²) < 4.78 is 28.5. The molecule has 0 radical (unpaired) electrons. The highest BCUT2D eigenvalue weighted by atomic mass is 35.5. The largest absolute Gasteiger partial charge is 0.352 e. The van der Waals surface area contributed by atoms with E-state index in [1.54, 1.807) is 18.2 Å². The van der Waals surface area contributed by atoms with Crippen molar-refractivity contribution in [3.05, 3.63) is 93.0 Å². The molecular formula is C23H22Cl2N2O3S. The molecule has 5 nitrogen and oxygen atoms in total. The molecule has 0 atom stereocenters. The molecule has 162 valence electrons. The number of hydrogen-bond acceptors (Lipinski definition) is 3. The van der Waals surface area contributed by atoms with Crippen molar-refractivity contribution in [3.8, 4) is 0 Å². The molecule has 2 N–H and O–H groups in total. The van der Waals surface area contributed by atoms with Gasteiger partial charge in [-0.2, -0.15) is 0 Å². The van der Waals surface area contributed by atoms with Crippen LogP contribution in [0.3, 0.4) is 0 Å². The number of anilines is 1. The number of nitrogens with one attached hydrogen (secondary N) is 2. The Bertz CT molecular complexity index is 1210. The molecule has 0 aromatic heterocycles. The summed E-state index contributed by atoms with van der Waals surface area (Å²) in [5.41, 5.74) is 3.40. The number of rotatable bonds is 7. The standard InChI is InChI=1S/C23H22Cl2N2O3S/c1-15-3-4-16(2)21(13-15)27-31(29,30)22-14-18(7-10-20(22)25)23(28)26-12-11-17-5-8-19(24)9-6-17/h3-10,13-14,27H,11-12H2,1-2H3,(H,26,28). The lowest BCUT2D eigenvalue weighted by atomic mass is 10.1. The van der Waals surface area contributed by atoms with Crippen molar-refractivity contribution < 1.29 is 13.2 Å². The molecule has 0 bridgehead atoms. The van der Waals surface area contributed by atoms with Gasteiger partial charge in [-0.1, -0.05) is 47.5 Å². The third-order valence-corrected chi connectivity index (χ3v) is 6.83. The molecule has 8 heteroatoms. The highest BCUT2D eigenvalue weighted by molar-refractivity contribution is 7.92. The SMILES string of the molecule is Cc1ccc(C)c(NS(=O)(=O)c2cc(C(=O)NCCc3ccc(Cl)cc3)ccc2Cl)c1. The summed E-state index contributed by atoms with van der Waals surface area (Å²) >= 11 is 12.0. The van der Waals surface area contributed by atoms with Crippen LogP contribution < -0.4 is 10.0 Å². The molecule has 0 aliphatic carbocycles. The highest BCUT2D eigenvalue weighted by Gasteiger charge is 2.21. The molecule has 0 saturated heterocycles. The van der Waals surface area contributed by atoms with Crippen LogP contribution in [0.15, 0.2) is 65.6 Å². The molecule has 1 amide bonds. The predicted octanol–water partition coefficient (Wildman–Crippen LogP) is 5.38. The van der Waals surface area contributed by atoms with Crippen molar-refractivity contribution in [1.29, 1.82) is 0 Å². The molecule has 0 aliphatic rings. The topological polar surface area (TPSA) is 75.3 Å². The van der Waals surface area contributed by atoms with Crippen molar-refractivity contribution in [2.24, 2.45) is 0 Å². The molecule has 3 aromatic rings. The van der Waals surface area contributed by atoms with Gasteiger partial charge in [0.2, 0.25) is 0 Å². The first-order valence-corrected chi connectivity index (χ1v) is 11.8. The summed E-state index contributed by atoms with van der Waals surface area (Å²) in [6.07, 6.45) is 0.621. The van der Waals surface area contributed by atoms with Gasteiger partial charge in [0.05, 0.1) is 10.7 Å². The van der Waals surface area contributed by atoms with Gasteiger partial charge >= 0.3 is 0 Å². The van der Waals surface area contributed by atoms with E-state index in [2.05, 4.69) is 10.0 Å². The van der Waals surface area contributed by atoms with E-state index in [-0.39, 0.29) is 21.4 Å². The average Bonchev–Trinajstić information content (AvgIpc) is 2.72. The van der Waals surface area contributed by atoms with Gasteiger partial charge in [-0.05, 0) is 73.4 Å². The summed E-state index contributed by atoms with van der Waals surface area (Å²) in [4.78, 5) is 12.4. The number of carbonyl (C=O) groups excluding carboxylic acids is 1. The molecule has 0 heterocycles. The summed E-state index contributed by atoms with van der Waals surface area (Å²) in [6, 6.07) is 17.0. The maximum absolute atomic E-state index is 12.9. The van der Waals surface area contributed by atoms with Crippen molar-refractivity contribution in [2.45, 2.75) is 25.2 Å². The zero-order valence-electron chi connectivity index (χ0n) is 17.1. The summed E-state index contributed by atoms with van der Waals surface area (Å²) in [7, 11) is -3.98. The second kappa shape index (κ2) is 9.73. The van der Waals surface area contributed by atoms with Crippen LogP contribution in [0, 0.1) is 13.8 Å². The lowest BCUT2D eigenvalue weighted by Gasteiger charge is -2.13. The molecule has 0 saturated carbocycles. The first kappa shape index (κ1) is 23.1. The Morgan fingerprint density at radius 1 is 0.935 bits per heavy atom. The van der Waals surface area contributed by atoms with Gasteiger partial charge in [0, 0.05) is 17.1 Å². The van der Waals surface area contributed by atoms with Crippen LogP contribution >= 0.6 is 23.2 Å². The fourth-order valence-corrected chi connectivity index (χ4v) is 4.74. The molecule has 31 heavy (non-hydrogen) atoms. The Kier molecular flexibility index (Phi) is 7.26. The normalized spacial score (nSPS) is 11.2. The van der Waals surface area contributed by atoms with Gasteiger partial charge in [0.1, 0.15) is 4.90 Å². The lowest BCUT2D eigenvalue weighted by molar-refractivity contribution is 0.0954. The number of hydrogen-bond donors (Lipinski definition) is 2. The first-order chi connectivity index (χ1) is 14.7. The molecule has 3 aromatic carbocycles. The quantitative estimate of drug-likeness (QED) is 0.480. The van der Waals surface area contributed by atoms with Crippen LogP contribution in [0.5, 0.6) is 0 Å². The van der Waals surface area contributed by atoms with E-state index in [0.29, 0.717) is 23.7 Å². The minimum Gasteiger partial charge on any atom is -0.352 e. The monoisotopic (exact) mass is 476 g/mol. The predicted molar refractivity (Wildman–Crippen MR) is 126 cm³/mol. The third kappa shape index (κ3) is 6.00.